The largest absolute Gasteiger partial charge is 0.478 e. The highest BCUT2D eigenvalue weighted by molar-refractivity contribution is 6.69. The molecule has 0 amide bonds. The Balaban J connectivity index is 1.98. The minimum atomic E-state index is -1.55. The molecule has 29 heavy (non-hydrogen) atoms. The number of ether oxygens (including phenoxy) is 1. The van der Waals surface area contributed by atoms with Gasteiger partial charge in [-0.25, -0.2) is 4.79 Å². The summed E-state index contributed by atoms with van der Waals surface area (Å²) in [6.45, 7) is 14.4. The van der Waals surface area contributed by atoms with Gasteiger partial charge in [0.15, 0.2) is 8.32 Å². The highest BCUT2D eigenvalue weighted by Gasteiger charge is 2.53. The van der Waals surface area contributed by atoms with Crippen LogP contribution >= 0.6 is 0 Å². The summed E-state index contributed by atoms with van der Waals surface area (Å²) >= 11 is 0. The van der Waals surface area contributed by atoms with Crippen LogP contribution in [-0.2, 0) is 18.8 Å². The molecular weight excluding hydrogens is 384 g/mol. The van der Waals surface area contributed by atoms with Crippen molar-refractivity contribution in [3.05, 3.63) is 0 Å². The van der Waals surface area contributed by atoms with Gasteiger partial charge >= 0.3 is 11.9 Å². The Morgan fingerprint density at radius 3 is 2.45 bits per heavy atom. The first-order valence-corrected chi connectivity index (χ1v) is 14.8. The third-order valence-electron chi connectivity index (χ3n) is 7.46. The van der Waals surface area contributed by atoms with Crippen molar-refractivity contribution < 1.29 is 23.9 Å². The predicted octanol–water partition coefficient (Wildman–Crippen LogP) is 5.64. The summed E-state index contributed by atoms with van der Waals surface area (Å²) in [6, 6.07) is 0. The molecule has 2 aliphatic rings. The van der Waals surface area contributed by atoms with Crippen molar-refractivity contribution in [3.63, 3.8) is 0 Å². The number of aliphatic carboxylic acids is 1. The summed E-state index contributed by atoms with van der Waals surface area (Å²) in [5.74, 6) is 0.244. The molecule has 2 aliphatic carbocycles. The van der Waals surface area contributed by atoms with E-state index >= 15 is 0 Å². The smallest absolute Gasteiger partial charge is 0.347 e. The normalized spacial score (nSPS) is 32.9. The predicted molar refractivity (Wildman–Crippen MR) is 117 cm³/mol. The number of hydrogen-bond donors (Lipinski definition) is 1. The summed E-state index contributed by atoms with van der Waals surface area (Å²) < 4.78 is 11.7. The third-order valence-corrected chi connectivity index (χ3v) is 8.47. The van der Waals surface area contributed by atoms with E-state index in [0.717, 1.165) is 12.8 Å². The van der Waals surface area contributed by atoms with Gasteiger partial charge < -0.3 is 14.3 Å². The number of hydrogen-bond acceptors (Lipinski definition) is 4. The van der Waals surface area contributed by atoms with Crippen LogP contribution < -0.4 is 0 Å². The van der Waals surface area contributed by atoms with Gasteiger partial charge in [0.25, 0.3) is 0 Å². The molecule has 0 saturated heterocycles. The maximum atomic E-state index is 11.6. The molecule has 2 saturated carbocycles. The molecule has 0 heterocycles. The van der Waals surface area contributed by atoms with Crippen molar-refractivity contribution in [1.82, 2.24) is 0 Å². The lowest BCUT2D eigenvalue weighted by atomic mass is 9.61. The van der Waals surface area contributed by atoms with E-state index in [1.54, 1.807) is 0 Å². The minimum Gasteiger partial charge on any atom is -0.478 e. The highest BCUT2D eigenvalue weighted by Crippen LogP contribution is 2.59. The molecule has 0 aromatic rings. The first-order valence-electron chi connectivity index (χ1n) is 11.4. The second-order valence-electron chi connectivity index (χ2n) is 11.0. The molecule has 6 atom stereocenters. The zero-order chi connectivity index (χ0) is 22.0. The van der Waals surface area contributed by atoms with Crippen LogP contribution in [0, 0.1) is 23.2 Å². The highest BCUT2D eigenvalue weighted by atomic mass is 28.4. The Labute approximate surface area is 178 Å². The van der Waals surface area contributed by atoms with E-state index in [1.165, 1.54) is 46.0 Å². The number of carbonyl (C=O) groups is 2. The molecule has 2 fully saturated rings. The van der Waals surface area contributed by atoms with E-state index in [2.05, 4.69) is 33.5 Å². The van der Waals surface area contributed by atoms with Crippen molar-refractivity contribution in [2.45, 2.75) is 110 Å². The van der Waals surface area contributed by atoms with E-state index in [4.69, 9.17) is 9.16 Å². The van der Waals surface area contributed by atoms with Crippen LogP contribution in [0.1, 0.15) is 79.1 Å². The Hall–Kier alpha value is -0.883. The number of fused-ring (bicyclic) bond motifs is 1. The summed E-state index contributed by atoms with van der Waals surface area (Å²) in [6.07, 6.45) is 8.71. The van der Waals surface area contributed by atoms with Gasteiger partial charge in [-0.2, -0.15) is 0 Å². The summed E-state index contributed by atoms with van der Waals surface area (Å²) in [5, 5.41) is 9.49. The number of carbonyl (C=O) groups excluding carboxylic acids is 1. The molecule has 0 aromatic heterocycles. The van der Waals surface area contributed by atoms with Crippen LogP contribution in [0.5, 0.6) is 0 Å². The molecule has 168 valence electrons. The fourth-order valence-electron chi connectivity index (χ4n) is 6.17. The quantitative estimate of drug-likeness (QED) is 0.382. The van der Waals surface area contributed by atoms with E-state index < -0.39 is 25.9 Å². The molecule has 1 N–H and O–H groups in total. The molecule has 6 heteroatoms. The van der Waals surface area contributed by atoms with Gasteiger partial charge in [-0.3, -0.25) is 4.79 Å². The van der Waals surface area contributed by atoms with E-state index in [1.807, 2.05) is 0 Å². The Bertz CT molecular complexity index is 601. The van der Waals surface area contributed by atoms with Crippen molar-refractivity contribution in [2.24, 2.45) is 23.2 Å². The van der Waals surface area contributed by atoms with E-state index in [9.17, 15) is 14.7 Å². The van der Waals surface area contributed by atoms with Crippen LogP contribution in [0.15, 0.2) is 0 Å². The molecular formula is C23H42O5Si. The van der Waals surface area contributed by atoms with Crippen LogP contribution in [0.25, 0.3) is 0 Å². The van der Waals surface area contributed by atoms with Crippen molar-refractivity contribution in [1.29, 1.82) is 0 Å². The number of rotatable bonds is 9. The second-order valence-corrected chi connectivity index (χ2v) is 15.4. The van der Waals surface area contributed by atoms with Gasteiger partial charge in [0.1, 0.15) is 0 Å². The lowest BCUT2D eigenvalue weighted by Crippen LogP contribution is -2.46. The van der Waals surface area contributed by atoms with Gasteiger partial charge in [0.2, 0.25) is 5.60 Å². The van der Waals surface area contributed by atoms with Crippen molar-refractivity contribution in [3.8, 4) is 0 Å². The Kier molecular flexibility index (Phi) is 7.64. The van der Waals surface area contributed by atoms with Crippen LogP contribution in [0.2, 0.25) is 19.6 Å². The SMILES string of the molecule is CC(=O)O[C@](C)(CCC[C@@H](C)[C@H]1CCC2C(O[Si](C)(C)C)CCC[C@]21C)C(=O)O. The molecule has 2 rings (SSSR count). The molecule has 0 aliphatic heterocycles. The monoisotopic (exact) mass is 426 g/mol. The number of carboxylic acid groups (broad SMARTS) is 1. The molecule has 0 spiro atoms. The third kappa shape index (κ3) is 5.84. The van der Waals surface area contributed by atoms with Gasteiger partial charge in [0, 0.05) is 13.0 Å². The molecule has 0 bridgehead atoms. The maximum absolute atomic E-state index is 11.6. The van der Waals surface area contributed by atoms with Gasteiger partial charge in [-0.05, 0) is 88.3 Å². The van der Waals surface area contributed by atoms with Crippen LogP contribution in [0.3, 0.4) is 0 Å². The lowest BCUT2D eigenvalue weighted by molar-refractivity contribution is -0.176. The Morgan fingerprint density at radius 2 is 1.90 bits per heavy atom. The first-order chi connectivity index (χ1) is 13.3. The molecule has 0 aromatic carbocycles. The summed E-state index contributed by atoms with van der Waals surface area (Å²) in [4.78, 5) is 22.9. The fourth-order valence-corrected chi connectivity index (χ4v) is 7.36. The average molecular weight is 427 g/mol. The zero-order valence-corrected chi connectivity index (χ0v) is 20.5. The standard InChI is InChI=1S/C23H42O5Si/c1-16(10-8-15-23(4,21(25)26)27-17(2)24)18-12-13-19-20(28-29(5,6)7)11-9-14-22(18,19)3/h16,18-20H,8-15H2,1-7H3,(H,25,26)/t16-,18-,19?,20?,22+,23-/m1/s1. The van der Waals surface area contributed by atoms with Gasteiger partial charge in [-0.1, -0.05) is 26.7 Å². The summed E-state index contributed by atoms with van der Waals surface area (Å²) in [7, 11) is -1.55. The average Bonchev–Trinajstić information content (AvgIpc) is 2.90. The van der Waals surface area contributed by atoms with Crippen LogP contribution in [-0.4, -0.2) is 37.1 Å². The summed E-state index contributed by atoms with van der Waals surface area (Å²) in [5.41, 5.74) is -1.09. The molecule has 0 radical (unpaired) electrons. The lowest BCUT2D eigenvalue weighted by Gasteiger charge is -2.48. The fraction of sp³-hybridized carbons (Fsp3) is 0.913. The van der Waals surface area contributed by atoms with Crippen molar-refractivity contribution in [2.75, 3.05) is 0 Å². The molecule has 2 unspecified atom stereocenters. The molecule has 5 nitrogen and oxygen atoms in total. The van der Waals surface area contributed by atoms with Gasteiger partial charge in [-0.15, -0.1) is 0 Å². The second kappa shape index (κ2) is 9.09. The number of carboxylic acids is 1. The van der Waals surface area contributed by atoms with Crippen molar-refractivity contribution >= 4 is 20.3 Å². The van der Waals surface area contributed by atoms with E-state index in [0.29, 0.717) is 35.7 Å². The Morgan fingerprint density at radius 1 is 1.24 bits per heavy atom. The first kappa shape index (κ1) is 24.4. The minimum absolute atomic E-state index is 0.327. The number of esters is 1. The van der Waals surface area contributed by atoms with Gasteiger partial charge in [0.05, 0.1) is 0 Å². The zero-order valence-electron chi connectivity index (χ0n) is 19.5. The topological polar surface area (TPSA) is 72.8 Å². The van der Waals surface area contributed by atoms with Crippen LogP contribution in [0.4, 0.5) is 0 Å². The van der Waals surface area contributed by atoms with E-state index in [-0.39, 0.29) is 0 Å². The maximum Gasteiger partial charge on any atom is 0.347 e.